The number of fused-ring (bicyclic) bond motifs is 1. The molecule has 1 aromatic carbocycles. The number of hydrogen-bond acceptors (Lipinski definition) is 7. The summed E-state index contributed by atoms with van der Waals surface area (Å²) in [6.07, 6.45) is 5.46. The maximum absolute atomic E-state index is 13.7. The molecule has 34 heavy (non-hydrogen) atoms. The molecule has 4 rings (SSSR count). The number of hydrogen-bond donors (Lipinski definition) is 2. The van der Waals surface area contributed by atoms with Crippen molar-refractivity contribution in [1.82, 2.24) is 20.3 Å². The summed E-state index contributed by atoms with van der Waals surface area (Å²) < 4.78 is 38.3. The Balaban J connectivity index is 1.58. The van der Waals surface area contributed by atoms with Crippen LogP contribution in [0.25, 0.3) is 10.9 Å². The first-order valence-electron chi connectivity index (χ1n) is 10.3. The van der Waals surface area contributed by atoms with Crippen LogP contribution in [0.4, 0.5) is 10.2 Å². The smallest absolute Gasteiger partial charge is 0.251 e. The number of sulfone groups is 1. The van der Waals surface area contributed by atoms with Gasteiger partial charge >= 0.3 is 0 Å². The van der Waals surface area contributed by atoms with E-state index in [1.807, 2.05) is 6.92 Å². The van der Waals surface area contributed by atoms with Gasteiger partial charge in [0, 0.05) is 48.3 Å². The third-order valence-electron chi connectivity index (χ3n) is 5.32. The number of anilines is 1. The van der Waals surface area contributed by atoms with E-state index >= 15 is 0 Å². The minimum atomic E-state index is -3.60. The number of aryl methyl sites for hydroxylation is 1. The summed E-state index contributed by atoms with van der Waals surface area (Å²) in [5.41, 5.74) is 9.21. The van der Waals surface area contributed by atoms with Crippen LogP contribution in [0.1, 0.15) is 32.7 Å². The minimum absolute atomic E-state index is 0.0152. The van der Waals surface area contributed by atoms with E-state index in [-0.39, 0.29) is 29.3 Å². The highest BCUT2D eigenvalue weighted by atomic mass is 32.2. The van der Waals surface area contributed by atoms with Crippen molar-refractivity contribution in [2.45, 2.75) is 24.8 Å². The molecule has 0 unspecified atom stereocenters. The zero-order valence-electron chi connectivity index (χ0n) is 18.5. The van der Waals surface area contributed by atoms with Gasteiger partial charge < -0.3 is 11.1 Å². The molecule has 3 N–H and O–H groups in total. The summed E-state index contributed by atoms with van der Waals surface area (Å²) in [7, 11) is -3.60. The van der Waals surface area contributed by atoms with E-state index in [4.69, 9.17) is 5.73 Å². The van der Waals surface area contributed by atoms with Gasteiger partial charge in [0.25, 0.3) is 5.91 Å². The lowest BCUT2D eigenvalue weighted by atomic mass is 10.0. The lowest BCUT2D eigenvalue weighted by Crippen LogP contribution is -2.23. The van der Waals surface area contributed by atoms with Gasteiger partial charge in [-0.3, -0.25) is 14.8 Å². The molecule has 0 radical (unpaired) electrons. The van der Waals surface area contributed by atoms with Crippen LogP contribution in [0.3, 0.4) is 0 Å². The molecule has 0 spiro atoms. The largest absolute Gasteiger partial charge is 0.384 e. The Morgan fingerprint density at radius 3 is 2.62 bits per heavy atom. The van der Waals surface area contributed by atoms with Crippen molar-refractivity contribution >= 4 is 32.5 Å². The van der Waals surface area contributed by atoms with Gasteiger partial charge in [0.15, 0.2) is 9.84 Å². The topological polar surface area (TPSA) is 128 Å². The van der Waals surface area contributed by atoms with Crippen molar-refractivity contribution in [2.24, 2.45) is 0 Å². The number of amides is 1. The molecule has 3 heterocycles. The summed E-state index contributed by atoms with van der Waals surface area (Å²) >= 11 is 0. The summed E-state index contributed by atoms with van der Waals surface area (Å²) in [6.45, 7) is 2.18. The molecule has 0 aliphatic heterocycles. The van der Waals surface area contributed by atoms with Crippen LogP contribution in [-0.4, -0.2) is 35.5 Å². The Labute approximate surface area is 196 Å². The number of nitrogens with one attached hydrogen (secondary N) is 1. The van der Waals surface area contributed by atoms with Crippen LogP contribution in [0.5, 0.6) is 0 Å². The van der Waals surface area contributed by atoms with E-state index < -0.39 is 15.7 Å². The third kappa shape index (κ3) is 5.18. The predicted octanol–water partition coefficient (Wildman–Crippen LogP) is 2.98. The van der Waals surface area contributed by atoms with Gasteiger partial charge in [0.1, 0.15) is 11.6 Å². The Kier molecular flexibility index (Phi) is 6.25. The maximum atomic E-state index is 13.7. The monoisotopic (exact) mass is 479 g/mol. The average molecular weight is 480 g/mol. The molecule has 0 bridgehead atoms. The molecule has 174 valence electrons. The Morgan fingerprint density at radius 2 is 1.88 bits per heavy atom. The molecular weight excluding hydrogens is 457 g/mol. The maximum Gasteiger partial charge on any atom is 0.251 e. The van der Waals surface area contributed by atoms with Gasteiger partial charge in [-0.05, 0) is 60.0 Å². The molecular formula is C24H22FN5O3S. The number of benzene rings is 1. The molecule has 0 aliphatic carbocycles. The summed E-state index contributed by atoms with van der Waals surface area (Å²) in [5.74, 6) is -0.438. The lowest BCUT2D eigenvalue weighted by molar-refractivity contribution is 0.0950. The second kappa shape index (κ2) is 9.14. The lowest BCUT2D eigenvalue weighted by Gasteiger charge is -2.10. The number of halogens is 1. The van der Waals surface area contributed by atoms with Crippen LogP contribution in [0, 0.1) is 12.7 Å². The molecule has 0 saturated heterocycles. The van der Waals surface area contributed by atoms with E-state index in [2.05, 4.69) is 20.3 Å². The summed E-state index contributed by atoms with van der Waals surface area (Å²) in [4.78, 5) is 25.0. The summed E-state index contributed by atoms with van der Waals surface area (Å²) in [5, 5.41) is 3.22. The Bertz CT molecular complexity index is 1520. The first-order chi connectivity index (χ1) is 16.1. The quantitative estimate of drug-likeness (QED) is 0.435. The first-order valence-corrected chi connectivity index (χ1v) is 12.2. The zero-order valence-corrected chi connectivity index (χ0v) is 19.4. The Hall–Kier alpha value is -3.92. The van der Waals surface area contributed by atoms with Gasteiger partial charge in [0.05, 0.1) is 16.6 Å². The van der Waals surface area contributed by atoms with Gasteiger partial charge in [-0.15, -0.1) is 0 Å². The predicted molar refractivity (Wildman–Crippen MR) is 126 cm³/mol. The van der Waals surface area contributed by atoms with E-state index in [0.717, 1.165) is 23.6 Å². The average Bonchev–Trinajstić information content (AvgIpc) is 2.77. The fourth-order valence-corrected chi connectivity index (χ4v) is 4.51. The molecule has 10 heteroatoms. The van der Waals surface area contributed by atoms with Crippen LogP contribution < -0.4 is 11.1 Å². The van der Waals surface area contributed by atoms with E-state index in [1.54, 1.807) is 30.5 Å². The minimum Gasteiger partial charge on any atom is -0.384 e. The highest BCUT2D eigenvalue weighted by molar-refractivity contribution is 7.91. The van der Waals surface area contributed by atoms with Gasteiger partial charge in [0.2, 0.25) is 0 Å². The number of nitrogens with zero attached hydrogens (tertiary/aromatic N) is 3. The highest BCUT2D eigenvalue weighted by Gasteiger charge is 2.16. The van der Waals surface area contributed by atoms with Crippen molar-refractivity contribution in [2.75, 3.05) is 12.0 Å². The number of rotatable bonds is 6. The highest BCUT2D eigenvalue weighted by Crippen LogP contribution is 2.25. The van der Waals surface area contributed by atoms with Crippen molar-refractivity contribution in [1.29, 1.82) is 0 Å². The van der Waals surface area contributed by atoms with E-state index in [9.17, 15) is 17.6 Å². The SMILES string of the molecule is Cc1cc(N)ncc1CNC(=O)c1ccnc(Cc2cc(S(C)(=O)=O)c3ncc(F)cc3c2)c1. The molecule has 0 fully saturated rings. The van der Waals surface area contributed by atoms with Crippen molar-refractivity contribution in [3.63, 3.8) is 0 Å². The fourth-order valence-electron chi connectivity index (χ4n) is 3.63. The number of nitrogens with two attached hydrogens (primary N) is 1. The number of aromatic nitrogens is 3. The second-order valence-electron chi connectivity index (χ2n) is 8.02. The van der Waals surface area contributed by atoms with Crippen molar-refractivity contribution in [3.8, 4) is 0 Å². The Morgan fingerprint density at radius 1 is 1.09 bits per heavy atom. The zero-order chi connectivity index (χ0) is 24.5. The first kappa shape index (κ1) is 23.2. The van der Waals surface area contributed by atoms with Crippen LogP contribution in [0.2, 0.25) is 0 Å². The standard InChI is InChI=1S/C24H22FN5O3S/c1-14-5-22(26)28-11-18(14)12-30-24(31)16-3-4-27-20(10-16)7-15-6-17-9-19(25)13-29-23(17)21(8-15)34(2,32)33/h3-6,8-11,13H,7,12H2,1-2H3,(H2,26,28)(H,30,31). The molecule has 0 aliphatic rings. The molecule has 0 atom stereocenters. The van der Waals surface area contributed by atoms with E-state index in [1.165, 1.54) is 18.3 Å². The number of nitrogen functional groups attached to an aromatic ring is 1. The van der Waals surface area contributed by atoms with Gasteiger partial charge in [-0.2, -0.15) is 0 Å². The molecule has 8 nitrogen and oxygen atoms in total. The summed E-state index contributed by atoms with van der Waals surface area (Å²) in [6, 6.07) is 9.39. The fraction of sp³-hybridized carbons (Fsp3) is 0.167. The third-order valence-corrected chi connectivity index (χ3v) is 6.43. The van der Waals surface area contributed by atoms with Crippen LogP contribution >= 0.6 is 0 Å². The molecule has 4 aromatic rings. The van der Waals surface area contributed by atoms with Gasteiger partial charge in [-0.25, -0.2) is 17.8 Å². The van der Waals surface area contributed by atoms with Crippen LogP contribution in [0.15, 0.2) is 59.9 Å². The number of pyridine rings is 3. The molecule has 3 aromatic heterocycles. The van der Waals surface area contributed by atoms with Gasteiger partial charge in [-0.1, -0.05) is 0 Å². The number of carbonyl (C=O) groups is 1. The van der Waals surface area contributed by atoms with E-state index in [0.29, 0.717) is 28.0 Å². The van der Waals surface area contributed by atoms with Crippen molar-refractivity contribution < 1.29 is 17.6 Å². The molecule has 0 saturated carbocycles. The van der Waals surface area contributed by atoms with Crippen LogP contribution in [-0.2, 0) is 22.8 Å². The normalized spacial score (nSPS) is 11.5. The molecule has 1 amide bonds. The number of carbonyl (C=O) groups excluding carboxylic acids is 1. The second-order valence-corrected chi connectivity index (χ2v) is 10.0. The van der Waals surface area contributed by atoms with Crippen molar-refractivity contribution in [3.05, 3.63) is 88.8 Å².